The smallest absolute Gasteiger partial charge is 0.471 e. The number of piperazine rings is 1. The lowest BCUT2D eigenvalue weighted by atomic mass is 9.91. The molecule has 1 aromatic carbocycles. The van der Waals surface area contributed by atoms with Gasteiger partial charge in [-0.25, -0.2) is 19.5 Å². The predicted molar refractivity (Wildman–Crippen MR) is 282 cm³/mol. The van der Waals surface area contributed by atoms with Gasteiger partial charge in [-0.3, -0.25) is 48.1 Å². The summed E-state index contributed by atoms with van der Waals surface area (Å²) in [6, 6.07) is 11.3. The molecule has 4 aromatic heterocycles. The van der Waals surface area contributed by atoms with Crippen LogP contribution in [0.1, 0.15) is 115 Å². The van der Waals surface area contributed by atoms with E-state index in [2.05, 4.69) is 41.4 Å². The van der Waals surface area contributed by atoms with Gasteiger partial charge in [0.15, 0.2) is 0 Å². The number of phosphoric ester groups is 1. The fourth-order valence-electron chi connectivity index (χ4n) is 11.8. The van der Waals surface area contributed by atoms with Crippen molar-refractivity contribution in [2.24, 2.45) is 0 Å². The number of benzene rings is 1. The zero-order valence-electron chi connectivity index (χ0n) is 44.9. The van der Waals surface area contributed by atoms with Gasteiger partial charge in [0, 0.05) is 91.9 Å². The molecule has 0 spiro atoms. The molecule has 1 aliphatic carbocycles. The molecule has 0 radical (unpaired) electrons. The maximum Gasteiger partial charge on any atom is 0.471 e. The summed E-state index contributed by atoms with van der Waals surface area (Å²) in [5.74, 6) is -2.59. The van der Waals surface area contributed by atoms with Gasteiger partial charge in [-0.15, -0.1) is 11.3 Å². The Bertz CT molecular complexity index is 3310. The predicted octanol–water partition coefficient (Wildman–Crippen LogP) is 5.85. The lowest BCUT2D eigenvalue weighted by Crippen LogP contribution is -2.57. The van der Waals surface area contributed by atoms with Crippen LogP contribution < -0.4 is 24.8 Å². The number of anilines is 5. The first-order valence-corrected chi connectivity index (χ1v) is 27.9. The number of hydrogen-bond acceptors (Lipinski definition) is 17. The third kappa shape index (κ3) is 9.64. The van der Waals surface area contributed by atoms with Gasteiger partial charge in [0.2, 0.25) is 11.8 Å². The van der Waals surface area contributed by atoms with Crippen LogP contribution in [-0.2, 0) is 37.9 Å². The van der Waals surface area contributed by atoms with E-state index in [9.17, 15) is 33.6 Å². The number of aliphatic hydroxyl groups excluding tert-OH is 1. The number of amides is 5. The zero-order chi connectivity index (χ0) is 55.7. The Morgan fingerprint density at radius 2 is 1.63 bits per heavy atom. The number of methoxy groups -OCH3 is 1. The molecule has 76 heavy (non-hydrogen) atoms. The fraction of sp³-hybridized carbons (Fsp3) is 0.434. The summed E-state index contributed by atoms with van der Waals surface area (Å²) in [4.78, 5) is 111. The molecule has 0 saturated carbocycles. The Balaban J connectivity index is 0.728. The second kappa shape index (κ2) is 20.7. The average molecular weight is 1080 g/mol. The number of carbonyl (C=O) groups is 5. The van der Waals surface area contributed by atoms with E-state index in [1.165, 1.54) is 16.6 Å². The molecule has 5 aromatic rings. The number of rotatable bonds is 13. The molecule has 0 bridgehead atoms. The summed E-state index contributed by atoms with van der Waals surface area (Å²) < 4.78 is 44.7. The van der Waals surface area contributed by atoms with E-state index < -0.39 is 57.4 Å². The first-order chi connectivity index (χ1) is 37.7. The van der Waals surface area contributed by atoms with Crippen molar-refractivity contribution in [1.29, 1.82) is 0 Å². The van der Waals surface area contributed by atoms with Crippen LogP contribution in [0.25, 0.3) is 11.1 Å². The van der Waals surface area contributed by atoms with Gasteiger partial charge in [-0.1, -0.05) is 0 Å². The fourth-order valence-corrected chi connectivity index (χ4v) is 13.5. The normalized spacial score (nSPS) is 21.8. The van der Waals surface area contributed by atoms with Gasteiger partial charge in [0.1, 0.15) is 30.1 Å². The van der Waals surface area contributed by atoms with Crippen molar-refractivity contribution in [2.75, 3.05) is 73.1 Å². The van der Waals surface area contributed by atoms with E-state index in [0.29, 0.717) is 65.3 Å². The van der Waals surface area contributed by atoms with Crippen molar-refractivity contribution in [3.8, 4) is 17.0 Å². The minimum absolute atomic E-state index is 0.125. The highest BCUT2D eigenvalue weighted by Gasteiger charge is 2.48. The number of nitrogens with one attached hydrogen (secondary N) is 1. The molecule has 23 heteroatoms. The van der Waals surface area contributed by atoms with Gasteiger partial charge in [0.25, 0.3) is 23.6 Å². The number of aryl methyl sites for hydroxylation is 1. The molecule has 3 saturated heterocycles. The summed E-state index contributed by atoms with van der Waals surface area (Å²) in [5.41, 5.74) is 6.16. The molecular weight excluding hydrogens is 1020 g/mol. The van der Waals surface area contributed by atoms with Gasteiger partial charge in [0.05, 0.1) is 45.1 Å². The number of fused-ring (bicyclic) bond motifs is 4. The minimum atomic E-state index is -5.02. The SMILES string of the molecule is [2H]C([2H])([2H])Oc1ncc(-c2ccnc(N3CCc4c(sc5c4CCCC5)C3=O)c2[C@H](C)O)cc1Nc1ccc(N2CCN(C3CCN(c4ccc5c(c4)C(=O)N(C4CCC(=O)N(COP(=O)(O)O)C4=O)C5=O)CC3)C[C@@H]2C)cn1. The number of aliphatic hydroxyl groups is 1. The maximum atomic E-state index is 14.2. The van der Waals surface area contributed by atoms with Crippen LogP contribution in [0, 0.1) is 0 Å². The van der Waals surface area contributed by atoms with Gasteiger partial charge < -0.3 is 34.7 Å². The molecule has 21 nitrogen and oxygen atoms in total. The first-order valence-electron chi connectivity index (χ1n) is 27.1. The van der Waals surface area contributed by atoms with Crippen LogP contribution in [0.4, 0.5) is 28.7 Å². The van der Waals surface area contributed by atoms with Gasteiger partial charge in [-0.2, -0.15) is 0 Å². The molecule has 11 rings (SSSR count). The van der Waals surface area contributed by atoms with E-state index in [-0.39, 0.29) is 47.5 Å². The number of ether oxygens (including phenoxy) is 1. The molecule has 6 aliphatic rings. The van der Waals surface area contributed by atoms with Gasteiger partial charge >= 0.3 is 7.82 Å². The van der Waals surface area contributed by atoms with E-state index in [1.54, 1.807) is 72.0 Å². The van der Waals surface area contributed by atoms with Crippen LogP contribution in [0.2, 0.25) is 0 Å². The van der Waals surface area contributed by atoms with Crippen molar-refractivity contribution >= 4 is 77.4 Å². The summed E-state index contributed by atoms with van der Waals surface area (Å²) in [5, 5.41) is 14.5. The van der Waals surface area contributed by atoms with E-state index in [0.717, 1.165) is 84.9 Å². The highest BCUT2D eigenvalue weighted by molar-refractivity contribution is 7.46. The molecule has 4 N–H and O–H groups in total. The number of hydrogen-bond donors (Lipinski definition) is 4. The van der Waals surface area contributed by atoms with Gasteiger partial charge in [-0.05, 0) is 124 Å². The third-order valence-corrected chi connectivity index (χ3v) is 17.4. The number of nitrogens with zero attached hydrogens (tertiary/aromatic N) is 9. The van der Waals surface area contributed by atoms with Crippen molar-refractivity contribution in [2.45, 2.75) is 95.9 Å². The Hall–Kier alpha value is -6.65. The highest BCUT2D eigenvalue weighted by Crippen LogP contribution is 2.43. The number of pyridine rings is 3. The van der Waals surface area contributed by atoms with Crippen molar-refractivity contribution in [3.05, 3.63) is 98.6 Å². The Kier molecular flexibility index (Phi) is 13.0. The Labute approximate surface area is 446 Å². The van der Waals surface area contributed by atoms with Crippen LogP contribution in [0.15, 0.2) is 61.1 Å². The number of imide groups is 2. The standard InChI is InChI=1S/C53H59N10O11PS/c1-30-28-59(33-15-19-58(20-16-33)34-8-10-39-40(25-34)51(67)63(50(39)66)42-11-13-45(65)62(52(42)68)29-74-75(70,71)72)22-23-60(30)35-9-12-44(55-27-35)57-41-24-32(26-56-49(41)73-3)36-14-18-54-48(46(36)31(2)64)61-21-17-38-37-6-4-5-7-43(37)76-47(38)53(61)69/h8-10,12,14,18,24-27,30-31,33,42,64H,4-7,11,13,15-17,19-23,28-29H2,1-3H3,(H,55,57)(H2,70,71,72)/t30-,31-,42?/m0/s1/i3D3. The number of thiophene rings is 1. The largest absolute Gasteiger partial charge is 0.480 e. The van der Waals surface area contributed by atoms with Crippen molar-refractivity contribution < 1.29 is 56.8 Å². The molecule has 5 aliphatic heterocycles. The minimum Gasteiger partial charge on any atom is -0.480 e. The summed E-state index contributed by atoms with van der Waals surface area (Å²) >= 11 is 1.58. The topological polar surface area (TPSA) is 252 Å². The van der Waals surface area contributed by atoms with Crippen molar-refractivity contribution in [3.63, 3.8) is 0 Å². The molecule has 3 atom stereocenters. The molecule has 5 amide bonds. The second-order valence-corrected chi connectivity index (χ2v) is 22.5. The number of piperidine rings is 2. The monoisotopic (exact) mass is 1080 g/mol. The number of likely N-dealkylation sites (tertiary alicyclic amines) is 1. The summed E-state index contributed by atoms with van der Waals surface area (Å²) in [7, 11) is -7.83. The zero-order valence-corrected chi connectivity index (χ0v) is 43.6. The Morgan fingerprint density at radius 3 is 2.38 bits per heavy atom. The quantitative estimate of drug-likeness (QED) is 0.0797. The maximum absolute atomic E-state index is 14.2. The lowest BCUT2D eigenvalue weighted by Gasteiger charge is -2.46. The van der Waals surface area contributed by atoms with Crippen molar-refractivity contribution in [1.82, 2.24) is 29.7 Å². The molecule has 9 heterocycles. The first kappa shape index (κ1) is 47.8. The molecule has 1 unspecified atom stereocenters. The van der Waals surface area contributed by atoms with E-state index in [1.807, 2.05) is 6.07 Å². The lowest BCUT2D eigenvalue weighted by molar-refractivity contribution is -0.155. The highest BCUT2D eigenvalue weighted by atomic mass is 32.1. The number of carbonyl (C=O) groups excluding carboxylic acids is 5. The number of phosphoric acid groups is 1. The Morgan fingerprint density at radius 1 is 0.842 bits per heavy atom. The van der Waals surface area contributed by atoms with Crippen LogP contribution in [-0.4, -0.2) is 145 Å². The average Bonchev–Trinajstić information content (AvgIpc) is 4.20. The third-order valence-electron chi connectivity index (χ3n) is 15.6. The van der Waals surface area contributed by atoms with Crippen LogP contribution in [0.3, 0.4) is 0 Å². The van der Waals surface area contributed by atoms with Crippen LogP contribution in [0.5, 0.6) is 5.88 Å². The molecular formula is C53H59N10O11PS. The van der Waals surface area contributed by atoms with E-state index in [4.69, 9.17) is 23.6 Å². The van der Waals surface area contributed by atoms with E-state index >= 15 is 0 Å². The second-order valence-electron chi connectivity index (χ2n) is 20.1. The summed E-state index contributed by atoms with van der Waals surface area (Å²) in [6.07, 6.45) is 10.1. The number of aromatic nitrogens is 3. The molecule has 398 valence electrons. The summed E-state index contributed by atoms with van der Waals surface area (Å²) in [6.45, 7) is 6.93. The van der Waals surface area contributed by atoms with Crippen LogP contribution >= 0.6 is 19.2 Å². The molecule has 3 fully saturated rings.